The maximum absolute atomic E-state index is 12.8. The molecule has 0 unspecified atom stereocenters. The molecule has 6 heteroatoms. The van der Waals surface area contributed by atoms with E-state index in [1.165, 1.54) is 83.5 Å². The summed E-state index contributed by atoms with van der Waals surface area (Å²) >= 11 is 0. The van der Waals surface area contributed by atoms with Crippen molar-refractivity contribution in [3.05, 3.63) is 72.9 Å². The third-order valence-corrected chi connectivity index (χ3v) is 10.2. The average Bonchev–Trinajstić information content (AvgIpc) is 3.23. The molecule has 338 valence electrons. The Balaban J connectivity index is 4.44. The number of carbonyl (C=O) groups excluding carboxylic acids is 3. The summed E-state index contributed by atoms with van der Waals surface area (Å²) in [6.45, 7) is 6.43. The van der Waals surface area contributed by atoms with Crippen LogP contribution in [0.4, 0.5) is 0 Å². The van der Waals surface area contributed by atoms with Crippen LogP contribution in [0.15, 0.2) is 72.9 Å². The normalized spacial score (nSPS) is 12.7. The summed E-state index contributed by atoms with van der Waals surface area (Å²) in [5.41, 5.74) is 0. The third-order valence-electron chi connectivity index (χ3n) is 10.2. The third kappa shape index (κ3) is 45.8. The second-order valence-electron chi connectivity index (χ2n) is 16.0. The summed E-state index contributed by atoms with van der Waals surface area (Å²) in [7, 11) is 0. The van der Waals surface area contributed by atoms with Crippen molar-refractivity contribution in [3.8, 4) is 0 Å². The van der Waals surface area contributed by atoms with E-state index in [-0.39, 0.29) is 37.5 Å². The lowest BCUT2D eigenvalue weighted by Gasteiger charge is -2.18. The molecule has 0 rings (SSSR count). The molecule has 59 heavy (non-hydrogen) atoms. The number of rotatable bonds is 43. The highest BCUT2D eigenvalue weighted by Gasteiger charge is 2.19. The van der Waals surface area contributed by atoms with Crippen molar-refractivity contribution in [2.45, 2.75) is 232 Å². The zero-order chi connectivity index (χ0) is 43.0. The molecule has 0 aromatic heterocycles. The van der Waals surface area contributed by atoms with Crippen LogP contribution in [0.5, 0.6) is 0 Å². The smallest absolute Gasteiger partial charge is 0.306 e. The van der Waals surface area contributed by atoms with Gasteiger partial charge in [0.2, 0.25) is 0 Å². The summed E-state index contributed by atoms with van der Waals surface area (Å²) in [6, 6.07) is 0. The Morgan fingerprint density at radius 3 is 1.12 bits per heavy atom. The Morgan fingerprint density at radius 2 is 0.678 bits per heavy atom. The molecule has 0 aliphatic heterocycles. The zero-order valence-electron chi connectivity index (χ0n) is 38.5. The highest BCUT2D eigenvalue weighted by Crippen LogP contribution is 2.14. The van der Waals surface area contributed by atoms with Crippen molar-refractivity contribution in [2.75, 3.05) is 13.2 Å². The molecule has 6 nitrogen and oxygen atoms in total. The number of carbonyl (C=O) groups is 3. The van der Waals surface area contributed by atoms with Gasteiger partial charge >= 0.3 is 17.9 Å². The van der Waals surface area contributed by atoms with Gasteiger partial charge in [0.25, 0.3) is 0 Å². The van der Waals surface area contributed by atoms with Crippen molar-refractivity contribution < 1.29 is 28.6 Å². The van der Waals surface area contributed by atoms with Crippen LogP contribution >= 0.6 is 0 Å². The maximum atomic E-state index is 12.8. The SMILES string of the molecule is CC/C=C\C/C=C\C/C=C\C/C=C\C/C=C\CCCCCC(=O)O[C@H](COC(=O)CCCCCCC/C=C\CCCC)COC(=O)CCCCCCCCCCCCC. The maximum Gasteiger partial charge on any atom is 0.306 e. The van der Waals surface area contributed by atoms with Crippen molar-refractivity contribution in [3.63, 3.8) is 0 Å². The first-order chi connectivity index (χ1) is 29.0. The fourth-order valence-electron chi connectivity index (χ4n) is 6.51. The van der Waals surface area contributed by atoms with Gasteiger partial charge in [-0.1, -0.05) is 196 Å². The average molecular weight is 823 g/mol. The minimum Gasteiger partial charge on any atom is -0.462 e. The highest BCUT2D eigenvalue weighted by atomic mass is 16.6. The lowest BCUT2D eigenvalue weighted by atomic mass is 10.1. The number of unbranched alkanes of at least 4 members (excludes halogenated alkanes) is 20. The van der Waals surface area contributed by atoms with Crippen LogP contribution in [0.25, 0.3) is 0 Å². The molecule has 0 heterocycles. The van der Waals surface area contributed by atoms with Gasteiger partial charge in [-0.15, -0.1) is 0 Å². The van der Waals surface area contributed by atoms with E-state index >= 15 is 0 Å². The number of allylic oxidation sites excluding steroid dienone is 12. The van der Waals surface area contributed by atoms with E-state index in [2.05, 4.69) is 93.7 Å². The largest absolute Gasteiger partial charge is 0.462 e. The van der Waals surface area contributed by atoms with E-state index in [1.54, 1.807) is 0 Å². The highest BCUT2D eigenvalue weighted by molar-refractivity contribution is 5.71. The molecule has 0 saturated carbocycles. The van der Waals surface area contributed by atoms with E-state index in [4.69, 9.17) is 14.2 Å². The van der Waals surface area contributed by atoms with E-state index < -0.39 is 6.10 Å². The molecule has 0 aliphatic rings. The summed E-state index contributed by atoms with van der Waals surface area (Å²) in [5, 5.41) is 0. The molecular formula is C53H90O6. The molecule has 1 atom stereocenters. The Morgan fingerprint density at radius 1 is 0.356 bits per heavy atom. The molecule has 0 aromatic rings. The minimum atomic E-state index is -0.792. The van der Waals surface area contributed by atoms with Gasteiger partial charge in [-0.2, -0.15) is 0 Å². The quantitative estimate of drug-likeness (QED) is 0.0264. The number of ether oxygens (including phenoxy) is 3. The van der Waals surface area contributed by atoms with Gasteiger partial charge in [0.05, 0.1) is 0 Å². The van der Waals surface area contributed by atoms with Gasteiger partial charge in [0.15, 0.2) is 6.10 Å². The van der Waals surface area contributed by atoms with Crippen molar-refractivity contribution in [2.24, 2.45) is 0 Å². The summed E-state index contributed by atoms with van der Waals surface area (Å²) < 4.78 is 16.7. The fourth-order valence-corrected chi connectivity index (χ4v) is 6.51. The summed E-state index contributed by atoms with van der Waals surface area (Å²) in [5.74, 6) is -0.936. The van der Waals surface area contributed by atoms with Crippen LogP contribution in [-0.2, 0) is 28.6 Å². The second kappa shape index (κ2) is 47.5. The van der Waals surface area contributed by atoms with Crippen LogP contribution in [0.3, 0.4) is 0 Å². The Labute approximate surface area is 363 Å². The first-order valence-electron chi connectivity index (χ1n) is 24.4. The molecule has 0 aliphatic carbocycles. The van der Waals surface area contributed by atoms with Gasteiger partial charge in [-0.3, -0.25) is 14.4 Å². The summed E-state index contributed by atoms with van der Waals surface area (Å²) in [6.07, 6.45) is 58.8. The van der Waals surface area contributed by atoms with Crippen LogP contribution < -0.4 is 0 Å². The predicted molar refractivity (Wildman–Crippen MR) is 251 cm³/mol. The Hall–Kier alpha value is -3.15. The van der Waals surface area contributed by atoms with E-state index in [0.29, 0.717) is 12.8 Å². The molecule has 0 bridgehead atoms. The van der Waals surface area contributed by atoms with E-state index in [9.17, 15) is 14.4 Å². The zero-order valence-corrected chi connectivity index (χ0v) is 38.5. The first kappa shape index (κ1) is 55.9. The van der Waals surface area contributed by atoms with Gasteiger partial charge in [-0.05, 0) is 83.5 Å². The van der Waals surface area contributed by atoms with Crippen molar-refractivity contribution in [1.29, 1.82) is 0 Å². The van der Waals surface area contributed by atoms with E-state index in [1.807, 2.05) is 0 Å². The molecular weight excluding hydrogens is 733 g/mol. The second-order valence-corrected chi connectivity index (χ2v) is 16.0. The monoisotopic (exact) mass is 823 g/mol. The van der Waals surface area contributed by atoms with Crippen LogP contribution in [0.1, 0.15) is 226 Å². The Bertz CT molecular complexity index is 1130. The molecule has 0 saturated heterocycles. The summed E-state index contributed by atoms with van der Waals surface area (Å²) in [4.78, 5) is 37.8. The first-order valence-corrected chi connectivity index (χ1v) is 24.4. The molecule has 0 N–H and O–H groups in total. The predicted octanol–water partition coefficient (Wildman–Crippen LogP) is 15.9. The van der Waals surface area contributed by atoms with Crippen molar-refractivity contribution in [1.82, 2.24) is 0 Å². The lowest BCUT2D eigenvalue weighted by Crippen LogP contribution is -2.30. The van der Waals surface area contributed by atoms with Gasteiger partial charge in [0, 0.05) is 19.3 Å². The molecule has 0 fully saturated rings. The van der Waals surface area contributed by atoms with Gasteiger partial charge < -0.3 is 14.2 Å². The number of hydrogen-bond acceptors (Lipinski definition) is 6. The van der Waals surface area contributed by atoms with Crippen LogP contribution in [0, 0.1) is 0 Å². The molecule has 0 spiro atoms. The number of hydrogen-bond donors (Lipinski definition) is 0. The van der Waals surface area contributed by atoms with E-state index in [0.717, 1.165) is 103 Å². The molecule has 0 radical (unpaired) electrons. The Kier molecular flexibility index (Phi) is 45.0. The lowest BCUT2D eigenvalue weighted by molar-refractivity contribution is -0.167. The molecule has 0 aromatic carbocycles. The topological polar surface area (TPSA) is 78.9 Å². The van der Waals surface area contributed by atoms with Gasteiger partial charge in [-0.25, -0.2) is 0 Å². The standard InChI is InChI=1S/C53H90O6/c1-4-7-10-13-16-19-22-23-24-25-26-27-28-29-32-35-38-41-44-47-53(56)59-50(48-57-51(54)45-42-39-36-33-30-20-17-14-11-8-5-2)49-58-52(55)46-43-40-37-34-31-21-18-15-12-9-6-3/h7,10,14,16-17,19,23-24,26-27,29,32,50H,4-6,8-9,11-13,15,18,20-22,25,28,30-31,33-49H2,1-3H3/b10-7-,17-14-,19-16-,24-23-,27-26-,32-29-/t50-/m1/s1. The van der Waals surface area contributed by atoms with Gasteiger partial charge in [0.1, 0.15) is 13.2 Å². The van der Waals surface area contributed by atoms with Crippen LogP contribution in [-0.4, -0.2) is 37.2 Å². The van der Waals surface area contributed by atoms with Crippen LogP contribution in [0.2, 0.25) is 0 Å². The minimum absolute atomic E-state index is 0.0904. The molecule has 0 amide bonds. The fraction of sp³-hybridized carbons (Fsp3) is 0.717. The number of esters is 3. The van der Waals surface area contributed by atoms with Crippen molar-refractivity contribution >= 4 is 17.9 Å².